The summed E-state index contributed by atoms with van der Waals surface area (Å²) in [6.45, 7) is -1.28. The number of alkyl halides is 3. The van der Waals surface area contributed by atoms with Gasteiger partial charge >= 0.3 is 6.18 Å². The van der Waals surface area contributed by atoms with E-state index in [2.05, 4.69) is 20.3 Å². The van der Waals surface area contributed by atoms with Crippen molar-refractivity contribution >= 4 is 11.0 Å². The lowest BCUT2D eigenvalue weighted by Gasteiger charge is -2.08. The summed E-state index contributed by atoms with van der Waals surface area (Å²) >= 11 is 0. The predicted octanol–water partition coefficient (Wildman–Crippen LogP) is 2.21. The van der Waals surface area contributed by atoms with Crippen LogP contribution in [0.15, 0.2) is 30.5 Å². The highest BCUT2D eigenvalue weighted by molar-refractivity contribution is 5.73. The number of hydrogen-bond acceptors (Lipinski definition) is 4. The quantitative estimate of drug-likeness (QED) is 0.674. The van der Waals surface area contributed by atoms with Crippen molar-refractivity contribution in [2.45, 2.75) is 12.7 Å². The van der Waals surface area contributed by atoms with Crippen LogP contribution in [0.25, 0.3) is 11.0 Å². The van der Waals surface area contributed by atoms with Gasteiger partial charge < -0.3 is 0 Å². The molecular formula is C11H10F3N3O. The smallest absolute Gasteiger partial charge is 0.292 e. The number of nitrogens with one attached hydrogen (secondary N) is 1. The number of benzene rings is 1. The molecule has 1 N–H and O–H groups in total. The Morgan fingerprint density at radius 2 is 1.89 bits per heavy atom. The predicted molar refractivity (Wildman–Crippen MR) is 58.4 cm³/mol. The van der Waals surface area contributed by atoms with Crippen molar-refractivity contribution in [2.75, 3.05) is 6.61 Å². The van der Waals surface area contributed by atoms with E-state index in [0.29, 0.717) is 11.2 Å². The molecule has 2 aromatic rings. The highest BCUT2D eigenvalue weighted by Gasteiger charge is 2.27. The van der Waals surface area contributed by atoms with E-state index in [0.717, 1.165) is 5.52 Å². The van der Waals surface area contributed by atoms with Crippen molar-refractivity contribution < 1.29 is 18.0 Å². The highest BCUT2D eigenvalue weighted by Crippen LogP contribution is 2.13. The standard InChI is InChI=1S/C11H10F3N3O/c12-11(13,14)7-18-16-6-8-5-15-9-3-1-2-4-10(9)17-8/h1-5,16H,6-7H2. The van der Waals surface area contributed by atoms with Crippen LogP contribution in [0.3, 0.4) is 0 Å². The first-order chi connectivity index (χ1) is 8.54. The molecule has 0 aliphatic heterocycles. The number of halogens is 3. The third-order valence-corrected chi connectivity index (χ3v) is 2.09. The summed E-state index contributed by atoms with van der Waals surface area (Å²) in [4.78, 5) is 12.6. The van der Waals surface area contributed by atoms with Crippen molar-refractivity contribution in [3.05, 3.63) is 36.2 Å². The molecule has 1 aromatic carbocycles. The molecule has 0 radical (unpaired) electrons. The van der Waals surface area contributed by atoms with Gasteiger partial charge in [-0.3, -0.25) is 9.82 Å². The molecular weight excluding hydrogens is 247 g/mol. The van der Waals surface area contributed by atoms with Gasteiger partial charge in [0, 0.05) is 0 Å². The number of para-hydroxylation sites is 2. The van der Waals surface area contributed by atoms with Crippen LogP contribution in [-0.2, 0) is 11.4 Å². The van der Waals surface area contributed by atoms with Gasteiger partial charge in [-0.15, -0.1) is 0 Å². The van der Waals surface area contributed by atoms with Crippen LogP contribution >= 0.6 is 0 Å². The normalized spacial score (nSPS) is 11.9. The molecule has 4 nitrogen and oxygen atoms in total. The van der Waals surface area contributed by atoms with Gasteiger partial charge in [0.2, 0.25) is 0 Å². The van der Waals surface area contributed by atoms with Gasteiger partial charge in [0.25, 0.3) is 0 Å². The minimum atomic E-state index is -4.35. The van der Waals surface area contributed by atoms with E-state index in [4.69, 9.17) is 0 Å². The second-order valence-electron chi connectivity index (χ2n) is 3.58. The Morgan fingerprint density at radius 3 is 2.61 bits per heavy atom. The number of hydroxylamine groups is 1. The van der Waals surface area contributed by atoms with Crippen molar-refractivity contribution in [1.82, 2.24) is 15.4 Å². The van der Waals surface area contributed by atoms with Crippen LogP contribution < -0.4 is 5.48 Å². The Balaban J connectivity index is 1.92. The molecule has 96 valence electrons. The van der Waals surface area contributed by atoms with E-state index in [9.17, 15) is 13.2 Å². The average molecular weight is 257 g/mol. The highest BCUT2D eigenvalue weighted by atomic mass is 19.4. The number of rotatable bonds is 4. The van der Waals surface area contributed by atoms with Crippen molar-refractivity contribution in [3.8, 4) is 0 Å². The second-order valence-corrected chi connectivity index (χ2v) is 3.58. The van der Waals surface area contributed by atoms with E-state index < -0.39 is 12.8 Å². The van der Waals surface area contributed by atoms with Crippen LogP contribution in [0.2, 0.25) is 0 Å². The van der Waals surface area contributed by atoms with E-state index in [1.54, 1.807) is 12.1 Å². The largest absolute Gasteiger partial charge is 0.413 e. The third-order valence-electron chi connectivity index (χ3n) is 2.09. The molecule has 0 fully saturated rings. The zero-order valence-electron chi connectivity index (χ0n) is 9.24. The summed E-state index contributed by atoms with van der Waals surface area (Å²) in [5.41, 5.74) is 4.13. The Morgan fingerprint density at radius 1 is 1.17 bits per heavy atom. The fraction of sp³-hybridized carbons (Fsp3) is 0.273. The number of nitrogens with zero attached hydrogens (tertiary/aromatic N) is 2. The van der Waals surface area contributed by atoms with Gasteiger partial charge in [0.05, 0.1) is 29.5 Å². The molecule has 18 heavy (non-hydrogen) atoms. The molecule has 0 saturated carbocycles. The first kappa shape index (κ1) is 12.7. The summed E-state index contributed by atoms with van der Waals surface area (Å²) in [6.07, 6.45) is -2.85. The average Bonchev–Trinajstić information content (AvgIpc) is 2.33. The van der Waals surface area contributed by atoms with Crippen molar-refractivity contribution in [2.24, 2.45) is 0 Å². The first-order valence-corrected chi connectivity index (χ1v) is 5.17. The molecule has 1 heterocycles. The SMILES string of the molecule is FC(F)(F)CONCc1cnc2ccccc2n1. The maximum Gasteiger partial charge on any atom is 0.413 e. The van der Waals surface area contributed by atoms with E-state index in [-0.39, 0.29) is 6.54 Å². The van der Waals surface area contributed by atoms with E-state index in [1.165, 1.54) is 6.20 Å². The summed E-state index contributed by atoms with van der Waals surface area (Å²) in [7, 11) is 0. The summed E-state index contributed by atoms with van der Waals surface area (Å²) in [5.74, 6) is 0. The maximum atomic E-state index is 11.8. The fourth-order valence-electron chi connectivity index (χ4n) is 1.34. The van der Waals surface area contributed by atoms with Gasteiger partial charge in [-0.1, -0.05) is 12.1 Å². The van der Waals surface area contributed by atoms with Crippen LogP contribution in [0.4, 0.5) is 13.2 Å². The second kappa shape index (κ2) is 5.28. The van der Waals surface area contributed by atoms with E-state index >= 15 is 0 Å². The monoisotopic (exact) mass is 257 g/mol. The van der Waals surface area contributed by atoms with Crippen LogP contribution in [-0.4, -0.2) is 22.8 Å². The summed E-state index contributed by atoms with van der Waals surface area (Å²) in [5, 5.41) is 0. The van der Waals surface area contributed by atoms with Gasteiger partial charge in [0.15, 0.2) is 6.61 Å². The topological polar surface area (TPSA) is 47.0 Å². The lowest BCUT2D eigenvalue weighted by Crippen LogP contribution is -2.24. The molecule has 0 atom stereocenters. The zero-order chi connectivity index (χ0) is 13.0. The summed E-state index contributed by atoms with van der Waals surface area (Å²) in [6, 6.07) is 7.23. The molecule has 0 aliphatic rings. The Bertz CT molecular complexity index is 530. The molecule has 0 aliphatic carbocycles. The Hall–Kier alpha value is -1.73. The summed E-state index contributed by atoms with van der Waals surface area (Å²) < 4.78 is 35.4. The molecule has 0 unspecified atom stereocenters. The van der Waals surface area contributed by atoms with Gasteiger partial charge in [-0.25, -0.2) is 4.98 Å². The number of aromatic nitrogens is 2. The van der Waals surface area contributed by atoms with Crippen molar-refractivity contribution in [1.29, 1.82) is 0 Å². The molecule has 0 saturated heterocycles. The van der Waals surface area contributed by atoms with Gasteiger partial charge in [-0.05, 0) is 12.1 Å². The zero-order valence-corrected chi connectivity index (χ0v) is 9.24. The fourth-order valence-corrected chi connectivity index (χ4v) is 1.34. The maximum absolute atomic E-state index is 11.8. The van der Waals surface area contributed by atoms with E-state index in [1.807, 2.05) is 12.1 Å². The third kappa shape index (κ3) is 3.64. The number of fused-ring (bicyclic) bond motifs is 1. The number of hydrogen-bond donors (Lipinski definition) is 1. The lowest BCUT2D eigenvalue weighted by molar-refractivity contribution is -0.190. The van der Waals surface area contributed by atoms with Crippen molar-refractivity contribution in [3.63, 3.8) is 0 Å². The molecule has 1 aromatic heterocycles. The van der Waals surface area contributed by atoms with Crippen LogP contribution in [0, 0.1) is 0 Å². The van der Waals surface area contributed by atoms with Crippen LogP contribution in [0.5, 0.6) is 0 Å². The van der Waals surface area contributed by atoms with Gasteiger partial charge in [-0.2, -0.15) is 18.7 Å². The minimum absolute atomic E-state index is 0.0634. The Labute approximate surface area is 101 Å². The molecule has 0 spiro atoms. The molecule has 0 bridgehead atoms. The molecule has 0 amide bonds. The molecule has 2 rings (SSSR count). The molecule has 7 heteroatoms. The van der Waals surface area contributed by atoms with Gasteiger partial charge in [0.1, 0.15) is 0 Å². The lowest BCUT2D eigenvalue weighted by atomic mass is 10.3. The van der Waals surface area contributed by atoms with Crippen LogP contribution in [0.1, 0.15) is 5.69 Å². The minimum Gasteiger partial charge on any atom is -0.292 e. The Kier molecular flexibility index (Phi) is 3.73. The first-order valence-electron chi connectivity index (χ1n) is 5.17.